The fraction of sp³-hybridized carbons (Fsp3) is 0. The summed E-state index contributed by atoms with van der Waals surface area (Å²) in [5.41, 5.74) is 5.78. The second-order valence-electron chi connectivity index (χ2n) is 19.2. The van der Waals surface area contributed by atoms with E-state index in [2.05, 4.69) is 128 Å². The van der Waals surface area contributed by atoms with Crippen molar-refractivity contribution in [2.24, 2.45) is 0 Å². The van der Waals surface area contributed by atoms with Crippen molar-refractivity contribution in [3.05, 3.63) is 229 Å². The van der Waals surface area contributed by atoms with Gasteiger partial charge in [0.05, 0.1) is 89.3 Å². The zero-order valence-electron chi connectivity index (χ0n) is 44.8. The number of benzene rings is 11. The molecule has 0 bridgehead atoms. The van der Waals surface area contributed by atoms with Crippen LogP contribution in [-0.4, -0.2) is 13.7 Å². The molecule has 0 saturated heterocycles. The van der Waals surface area contributed by atoms with Gasteiger partial charge in [0.15, 0.2) is 0 Å². The van der Waals surface area contributed by atoms with Crippen LogP contribution in [0.1, 0.15) is 12.4 Å². The highest BCUT2D eigenvalue weighted by Crippen LogP contribution is 2.55. The molecule has 6 heterocycles. The van der Waals surface area contributed by atoms with Crippen LogP contribution in [0.5, 0.6) is 0 Å². The molecule has 350 valence electrons. The van der Waals surface area contributed by atoms with Gasteiger partial charge in [0.1, 0.15) is 0 Å². The molecule has 0 saturated carbocycles. The van der Waals surface area contributed by atoms with Crippen molar-refractivity contribution < 1.29 is 6.85 Å². The van der Waals surface area contributed by atoms with Crippen LogP contribution in [0.2, 0.25) is 0 Å². The lowest BCUT2D eigenvalue weighted by Gasteiger charge is -2.27. The Labute approximate surface area is 452 Å². The summed E-state index contributed by atoms with van der Waals surface area (Å²) in [5.74, 6) is 0. The van der Waals surface area contributed by atoms with Crippen LogP contribution in [0.25, 0.3) is 159 Å². The molecular formula is C68H35N5S3. The first-order valence-electron chi connectivity index (χ1n) is 27.4. The first kappa shape index (κ1) is 37.2. The molecule has 0 aliphatic heterocycles. The van der Waals surface area contributed by atoms with Crippen molar-refractivity contribution in [2.75, 3.05) is 0 Å². The number of para-hydroxylation sites is 3. The van der Waals surface area contributed by atoms with E-state index in [0.717, 1.165) is 126 Å². The van der Waals surface area contributed by atoms with Crippen LogP contribution < -0.4 is 0 Å². The minimum absolute atomic E-state index is 0.00597. The normalized spacial score (nSPS) is 13.1. The second kappa shape index (κ2) is 15.5. The van der Waals surface area contributed by atoms with Gasteiger partial charge in [0.2, 0.25) is 5.69 Å². The predicted molar refractivity (Wildman–Crippen MR) is 325 cm³/mol. The summed E-state index contributed by atoms with van der Waals surface area (Å²) < 4.78 is 61.2. The maximum atomic E-state index is 12.5. The predicted octanol–water partition coefficient (Wildman–Crippen LogP) is 20.2. The highest BCUT2D eigenvalue weighted by Gasteiger charge is 2.35. The summed E-state index contributed by atoms with van der Waals surface area (Å²) in [6, 6.07) is 62.5. The van der Waals surface area contributed by atoms with Crippen LogP contribution in [0.3, 0.4) is 0 Å². The van der Waals surface area contributed by atoms with E-state index in [1.165, 1.54) is 0 Å². The number of aromatic nitrogens is 3. The topological polar surface area (TPSA) is 42.9 Å². The minimum Gasteiger partial charge on any atom is -0.316 e. The third kappa shape index (κ3) is 5.39. The Morgan fingerprint density at radius 1 is 0.395 bits per heavy atom. The average molecular weight is 1020 g/mol. The Balaban J connectivity index is 1.23. The molecule has 17 aromatic rings. The van der Waals surface area contributed by atoms with Gasteiger partial charge in [-0.25, -0.2) is 4.85 Å². The van der Waals surface area contributed by atoms with E-state index in [0.29, 0.717) is 11.4 Å². The van der Waals surface area contributed by atoms with E-state index in [-0.39, 0.29) is 28.1 Å². The van der Waals surface area contributed by atoms with Crippen LogP contribution in [0.4, 0.5) is 5.69 Å². The lowest BCUT2D eigenvalue weighted by Crippen LogP contribution is -2.12. The molecule has 0 aliphatic carbocycles. The molecule has 11 aromatic carbocycles. The van der Waals surface area contributed by atoms with E-state index in [1.54, 1.807) is 34.0 Å². The summed E-state index contributed by atoms with van der Waals surface area (Å²) in [4.78, 5) is 4.61. The van der Waals surface area contributed by atoms with Crippen molar-refractivity contribution in [1.82, 2.24) is 13.7 Å². The summed E-state index contributed by atoms with van der Waals surface area (Å²) in [6.45, 7) is 9.75. The van der Waals surface area contributed by atoms with Gasteiger partial charge in [0.25, 0.3) is 0 Å². The van der Waals surface area contributed by atoms with Gasteiger partial charge in [-0.15, -0.1) is 34.0 Å². The van der Waals surface area contributed by atoms with Crippen molar-refractivity contribution in [3.8, 4) is 34.3 Å². The van der Waals surface area contributed by atoms with Gasteiger partial charge < -0.3 is 13.7 Å². The number of fused-ring (bicyclic) bond motifs is 21. The van der Waals surface area contributed by atoms with Crippen molar-refractivity contribution in [1.29, 1.82) is 5.26 Å². The van der Waals surface area contributed by atoms with Crippen molar-refractivity contribution >= 4 is 166 Å². The third-order valence-corrected chi connectivity index (χ3v) is 19.2. The zero-order chi connectivity index (χ0) is 54.3. The second-order valence-corrected chi connectivity index (χ2v) is 22.4. The number of rotatable bonds is 4. The van der Waals surface area contributed by atoms with Gasteiger partial charge in [0, 0.05) is 84.3 Å². The lowest BCUT2D eigenvalue weighted by molar-refractivity contribution is 1.09. The standard InChI is InChI=1S/C68H35N5S3/c1-70-59-51(37-69)60(71-52-25-11-5-19-39(52)45-31-34-48-42-22-8-14-28-55(42)74-66(48)61(45)71)58(38-17-3-2-4-18-38)64(72-53-26-12-6-20-40(53)46-32-35-49-43-23-9-15-29-56(43)75-67(49)62(46)72)65(59)73-54-27-13-7-21-41(54)47-33-36-50-44-24-10-16-30-57(44)76-68(50)63(47)73/h2-36H/i2D,3D,4D,17D,18D. The molecule has 5 nitrogen and oxygen atoms in total. The molecule has 76 heavy (non-hydrogen) atoms. The first-order chi connectivity index (χ1) is 39.7. The molecule has 0 atom stereocenters. The van der Waals surface area contributed by atoms with E-state index in [1.807, 2.05) is 78.9 Å². The molecular weight excluding hydrogens is 983 g/mol. The molecule has 0 amide bonds. The molecule has 0 spiro atoms. The fourth-order valence-electron chi connectivity index (χ4n) is 12.6. The third-order valence-electron chi connectivity index (χ3n) is 15.6. The molecule has 0 aliphatic rings. The number of hydrogen-bond donors (Lipinski definition) is 0. The maximum Gasteiger partial charge on any atom is 0.232 e. The Morgan fingerprint density at radius 3 is 1.16 bits per heavy atom. The summed E-state index contributed by atoms with van der Waals surface area (Å²) in [6.07, 6.45) is 0. The van der Waals surface area contributed by atoms with Gasteiger partial charge in [-0.1, -0.05) is 176 Å². The van der Waals surface area contributed by atoms with E-state index >= 15 is 0 Å². The SMILES string of the molecule is [2H]c1c([2H])c([2H])c(-c2c(-n3c4ccccc4c4ccc5c6ccccc6sc5c43)c(C#N)c([N+]#[C-])c(-n3c4ccccc4c4ccc5c6ccccc6sc5c43)c2-n2c3ccccc3c3ccc4c5ccccc5sc4c32)c([2H])c1[2H]. The van der Waals surface area contributed by atoms with Crippen LogP contribution >= 0.6 is 34.0 Å². The minimum atomic E-state index is -0.544. The summed E-state index contributed by atoms with van der Waals surface area (Å²) >= 11 is 4.97. The molecule has 0 N–H and O–H groups in total. The van der Waals surface area contributed by atoms with Crippen LogP contribution in [-0.2, 0) is 0 Å². The Hall–Kier alpha value is -9.54. The highest BCUT2D eigenvalue weighted by atomic mass is 32.1. The van der Waals surface area contributed by atoms with Crippen LogP contribution in [0, 0.1) is 17.9 Å². The van der Waals surface area contributed by atoms with E-state index in [4.69, 9.17) is 1.37 Å². The highest BCUT2D eigenvalue weighted by molar-refractivity contribution is 7.27. The Morgan fingerprint density at radius 2 is 0.750 bits per heavy atom. The quantitative estimate of drug-likeness (QED) is 0.162. The van der Waals surface area contributed by atoms with Crippen molar-refractivity contribution in [2.45, 2.75) is 0 Å². The van der Waals surface area contributed by atoms with Gasteiger partial charge in [-0.05, 0) is 42.0 Å². The number of nitrogens with zero attached hydrogens (tertiary/aromatic N) is 5. The maximum absolute atomic E-state index is 12.5. The molecule has 0 radical (unpaired) electrons. The van der Waals surface area contributed by atoms with Gasteiger partial charge in [-0.3, -0.25) is 0 Å². The monoisotopic (exact) mass is 1020 g/mol. The Kier molecular flexibility index (Phi) is 7.59. The molecule has 0 unspecified atom stereocenters. The van der Waals surface area contributed by atoms with Crippen molar-refractivity contribution in [3.63, 3.8) is 0 Å². The van der Waals surface area contributed by atoms with E-state index < -0.39 is 30.2 Å². The smallest absolute Gasteiger partial charge is 0.232 e. The zero-order valence-corrected chi connectivity index (χ0v) is 42.2. The van der Waals surface area contributed by atoms with E-state index in [9.17, 15) is 17.3 Å². The summed E-state index contributed by atoms with van der Waals surface area (Å²) in [7, 11) is 0. The summed E-state index contributed by atoms with van der Waals surface area (Å²) in [5, 5.41) is 24.2. The fourth-order valence-corrected chi connectivity index (χ4v) is 16.3. The van der Waals surface area contributed by atoms with Gasteiger partial charge >= 0.3 is 0 Å². The lowest BCUT2D eigenvalue weighted by atomic mass is 9.93. The largest absolute Gasteiger partial charge is 0.316 e. The van der Waals surface area contributed by atoms with Crippen LogP contribution in [0.15, 0.2) is 212 Å². The van der Waals surface area contributed by atoms with Gasteiger partial charge in [-0.2, -0.15) is 5.26 Å². The number of thiophene rings is 3. The molecule has 6 aromatic heterocycles. The molecule has 0 fully saturated rings. The Bertz CT molecular complexity index is 5810. The molecule has 17 rings (SSSR count). The molecule has 8 heteroatoms. The first-order valence-corrected chi connectivity index (χ1v) is 27.3. The number of nitriles is 1. The number of hydrogen-bond acceptors (Lipinski definition) is 4. The average Bonchev–Trinajstić information content (AvgIpc) is 4.49.